The van der Waals surface area contributed by atoms with Crippen molar-refractivity contribution in [1.82, 2.24) is 14.9 Å². The number of nitrogens with zero attached hydrogens (tertiary/aromatic N) is 3. The molecule has 0 bridgehead atoms. The minimum Gasteiger partial charge on any atom is -0.467 e. The second-order valence-corrected chi connectivity index (χ2v) is 8.18. The third-order valence-electron chi connectivity index (χ3n) is 5.41. The van der Waals surface area contributed by atoms with Gasteiger partial charge in [0.1, 0.15) is 11.6 Å². The Bertz CT molecular complexity index is 1130. The highest BCUT2D eigenvalue weighted by molar-refractivity contribution is 6.07. The molecule has 0 aliphatic heterocycles. The molecule has 162 valence electrons. The van der Waals surface area contributed by atoms with Crippen LogP contribution in [0.25, 0.3) is 10.9 Å². The summed E-state index contributed by atoms with van der Waals surface area (Å²) in [7, 11) is 5.36. The van der Waals surface area contributed by atoms with E-state index in [0.717, 1.165) is 24.0 Å². The first-order valence-corrected chi connectivity index (χ1v) is 10.2. The monoisotopic (exact) mass is 423 g/mol. The fourth-order valence-electron chi connectivity index (χ4n) is 3.76. The van der Waals surface area contributed by atoms with Gasteiger partial charge in [0.05, 0.1) is 24.2 Å². The van der Waals surface area contributed by atoms with Crippen LogP contribution in [0.4, 0.5) is 10.2 Å². The summed E-state index contributed by atoms with van der Waals surface area (Å²) >= 11 is 0. The fourth-order valence-corrected chi connectivity index (χ4v) is 3.76. The summed E-state index contributed by atoms with van der Waals surface area (Å²) in [5.41, 5.74) is 8.30. The van der Waals surface area contributed by atoms with Crippen molar-refractivity contribution in [3.63, 3.8) is 0 Å². The smallest absolute Gasteiger partial charge is 0.318 e. The van der Waals surface area contributed by atoms with E-state index in [1.54, 1.807) is 6.07 Å². The predicted molar refractivity (Wildman–Crippen MR) is 118 cm³/mol. The van der Waals surface area contributed by atoms with Crippen LogP contribution in [0.1, 0.15) is 46.3 Å². The molecule has 4 rings (SSSR count). The number of benzene rings is 2. The maximum absolute atomic E-state index is 13.9. The molecule has 31 heavy (non-hydrogen) atoms. The van der Waals surface area contributed by atoms with Crippen LogP contribution in [0, 0.1) is 5.82 Å². The van der Waals surface area contributed by atoms with Crippen molar-refractivity contribution < 1.29 is 13.9 Å². The van der Waals surface area contributed by atoms with E-state index < -0.39 is 5.91 Å². The molecule has 1 heterocycles. The second-order valence-electron chi connectivity index (χ2n) is 8.18. The molecule has 1 atom stereocenters. The van der Waals surface area contributed by atoms with Crippen molar-refractivity contribution in [2.45, 2.75) is 24.8 Å². The number of halogens is 1. The molecule has 3 aromatic rings. The number of hydrogen-bond acceptors (Lipinski definition) is 6. The predicted octanol–water partition coefficient (Wildman–Crippen LogP) is 3.47. The molecule has 1 aliphatic rings. The minimum atomic E-state index is -0.547. The van der Waals surface area contributed by atoms with Gasteiger partial charge >= 0.3 is 6.01 Å². The number of methoxy groups -OCH3 is 1. The van der Waals surface area contributed by atoms with Crippen LogP contribution in [0.5, 0.6) is 6.01 Å². The van der Waals surface area contributed by atoms with E-state index in [1.807, 2.05) is 37.2 Å². The number of likely N-dealkylation sites (N-methyl/N-ethyl adjacent to an activating group) is 1. The molecular weight excluding hydrogens is 397 g/mol. The molecule has 0 spiro atoms. The van der Waals surface area contributed by atoms with Crippen molar-refractivity contribution in [1.29, 1.82) is 0 Å². The molecule has 8 heteroatoms. The summed E-state index contributed by atoms with van der Waals surface area (Å²) in [5.74, 6) is 0.0793. The van der Waals surface area contributed by atoms with Crippen LogP contribution in [-0.2, 0) is 0 Å². The van der Waals surface area contributed by atoms with Gasteiger partial charge in [-0.1, -0.05) is 12.1 Å². The van der Waals surface area contributed by atoms with Gasteiger partial charge in [-0.25, -0.2) is 4.39 Å². The Morgan fingerprint density at radius 2 is 2.06 bits per heavy atom. The molecule has 1 aromatic heterocycles. The van der Waals surface area contributed by atoms with Crippen LogP contribution in [0.2, 0.25) is 0 Å². The molecule has 1 unspecified atom stereocenters. The normalized spacial score (nSPS) is 14.6. The molecule has 0 saturated heterocycles. The van der Waals surface area contributed by atoms with E-state index in [-0.39, 0.29) is 17.9 Å². The van der Waals surface area contributed by atoms with Gasteiger partial charge in [0.25, 0.3) is 5.91 Å². The van der Waals surface area contributed by atoms with Crippen LogP contribution in [0.15, 0.2) is 36.4 Å². The summed E-state index contributed by atoms with van der Waals surface area (Å²) in [6, 6.07) is 10.2. The Kier molecular flexibility index (Phi) is 5.73. The van der Waals surface area contributed by atoms with Crippen LogP contribution in [-0.4, -0.2) is 48.5 Å². The number of anilines is 1. The zero-order chi connectivity index (χ0) is 22.1. The highest BCUT2D eigenvalue weighted by Gasteiger charge is 2.27. The number of rotatable bonds is 8. The lowest BCUT2D eigenvalue weighted by Gasteiger charge is -2.24. The van der Waals surface area contributed by atoms with Gasteiger partial charge < -0.3 is 20.7 Å². The van der Waals surface area contributed by atoms with E-state index in [1.165, 1.54) is 19.2 Å². The number of fused-ring (bicyclic) bond motifs is 1. The molecule has 2 aromatic carbocycles. The molecule has 7 nitrogen and oxygen atoms in total. The fraction of sp³-hybridized carbons (Fsp3) is 0.348. The van der Waals surface area contributed by atoms with Gasteiger partial charge in [-0.2, -0.15) is 9.97 Å². The van der Waals surface area contributed by atoms with Gasteiger partial charge in [0.2, 0.25) is 0 Å². The summed E-state index contributed by atoms with van der Waals surface area (Å²) in [6.07, 6.45) is 2.16. The summed E-state index contributed by atoms with van der Waals surface area (Å²) in [4.78, 5) is 23.1. The van der Waals surface area contributed by atoms with E-state index in [9.17, 15) is 9.18 Å². The van der Waals surface area contributed by atoms with E-state index in [4.69, 9.17) is 10.5 Å². The summed E-state index contributed by atoms with van der Waals surface area (Å²) < 4.78 is 19.2. The molecule has 1 fully saturated rings. The van der Waals surface area contributed by atoms with Crippen molar-refractivity contribution in [3.05, 3.63) is 58.9 Å². The summed E-state index contributed by atoms with van der Waals surface area (Å²) in [5, 5.41) is 4.13. The molecule has 1 saturated carbocycles. The number of ether oxygens (including phenoxy) is 1. The quantitative estimate of drug-likeness (QED) is 0.576. The molecule has 1 aliphatic carbocycles. The largest absolute Gasteiger partial charge is 0.467 e. The Morgan fingerprint density at radius 1 is 1.29 bits per heavy atom. The average Bonchev–Trinajstić information content (AvgIpc) is 3.57. The standard InChI is InChI=1S/C23H26FN5O2/c1-29(2)12-19(14-5-4-6-16(24)9-14)26-22-18-11-15(13-7-8-13)10-17(21(25)30)20(18)27-23(28-22)31-3/h4-6,9-11,13,19H,7-8,12H2,1-3H3,(H2,25,30)(H,26,27,28). The van der Waals surface area contributed by atoms with Crippen LogP contribution in [0.3, 0.4) is 0 Å². The molecule has 1 amide bonds. The van der Waals surface area contributed by atoms with Gasteiger partial charge in [-0.05, 0) is 68.2 Å². The number of nitrogens with two attached hydrogens (primary N) is 1. The van der Waals surface area contributed by atoms with E-state index in [2.05, 4.69) is 15.3 Å². The van der Waals surface area contributed by atoms with Crippen molar-refractivity contribution in [3.8, 4) is 6.01 Å². The SMILES string of the molecule is COc1nc(NC(CN(C)C)c2cccc(F)c2)c2cc(C3CC3)cc(C(N)=O)c2n1. The van der Waals surface area contributed by atoms with Crippen molar-refractivity contribution in [2.24, 2.45) is 5.73 Å². The van der Waals surface area contributed by atoms with E-state index >= 15 is 0 Å². The van der Waals surface area contributed by atoms with E-state index in [0.29, 0.717) is 34.7 Å². The maximum atomic E-state index is 13.9. The first kappa shape index (κ1) is 21.0. The topological polar surface area (TPSA) is 93.4 Å². The van der Waals surface area contributed by atoms with Crippen LogP contribution >= 0.6 is 0 Å². The first-order valence-electron chi connectivity index (χ1n) is 10.2. The van der Waals surface area contributed by atoms with Gasteiger partial charge in [-0.3, -0.25) is 4.79 Å². The average molecular weight is 423 g/mol. The lowest BCUT2D eigenvalue weighted by atomic mass is 10.0. The highest BCUT2D eigenvalue weighted by Crippen LogP contribution is 2.42. The number of primary amides is 1. The van der Waals surface area contributed by atoms with Gasteiger partial charge in [-0.15, -0.1) is 0 Å². The third-order valence-corrected chi connectivity index (χ3v) is 5.41. The van der Waals surface area contributed by atoms with Crippen LogP contribution < -0.4 is 15.8 Å². The minimum absolute atomic E-state index is 0.125. The Morgan fingerprint density at radius 3 is 2.68 bits per heavy atom. The lowest BCUT2D eigenvalue weighted by molar-refractivity contribution is 0.100. The van der Waals surface area contributed by atoms with Crippen molar-refractivity contribution >= 4 is 22.6 Å². The Balaban J connectivity index is 1.87. The molecular formula is C23H26FN5O2. The lowest BCUT2D eigenvalue weighted by Crippen LogP contribution is -2.26. The molecule has 0 radical (unpaired) electrons. The number of aromatic nitrogens is 2. The number of carbonyl (C=O) groups is 1. The number of hydrogen-bond donors (Lipinski definition) is 2. The van der Waals surface area contributed by atoms with Gasteiger partial charge in [0, 0.05) is 11.9 Å². The second kappa shape index (κ2) is 8.47. The first-order chi connectivity index (χ1) is 14.9. The van der Waals surface area contributed by atoms with Gasteiger partial charge in [0.15, 0.2) is 0 Å². The number of nitrogens with one attached hydrogen (secondary N) is 1. The maximum Gasteiger partial charge on any atom is 0.318 e. The third kappa shape index (κ3) is 4.59. The molecule has 3 N–H and O–H groups in total. The zero-order valence-electron chi connectivity index (χ0n) is 17.9. The Labute approximate surface area is 180 Å². The zero-order valence-corrected chi connectivity index (χ0v) is 17.9. The van der Waals surface area contributed by atoms with Crippen molar-refractivity contribution in [2.75, 3.05) is 33.1 Å². The number of carbonyl (C=O) groups excluding carboxylic acids is 1. The summed E-state index contributed by atoms with van der Waals surface area (Å²) in [6.45, 7) is 0.599. The number of amides is 1. The highest BCUT2D eigenvalue weighted by atomic mass is 19.1. The Hall–Kier alpha value is -3.26.